The maximum atomic E-state index is 5.34. The molecule has 0 amide bonds. The molecule has 0 spiro atoms. The van der Waals surface area contributed by atoms with Gasteiger partial charge in [0.15, 0.2) is 5.76 Å². The van der Waals surface area contributed by atoms with Crippen LogP contribution in [0.4, 0.5) is 0 Å². The van der Waals surface area contributed by atoms with Crippen molar-refractivity contribution in [3.8, 4) is 0 Å². The number of aromatic nitrogens is 2. The van der Waals surface area contributed by atoms with Crippen LogP contribution in [0.25, 0.3) is 0 Å². The molecule has 0 aliphatic carbocycles. The number of pyridine rings is 1. The summed E-state index contributed by atoms with van der Waals surface area (Å²) in [4.78, 5) is 6.26. The lowest BCUT2D eigenvalue weighted by Gasteiger charge is -2.14. The Balaban J connectivity index is 1.76. The second kappa shape index (κ2) is 7.77. The molecule has 0 aliphatic heterocycles. The van der Waals surface area contributed by atoms with Crippen molar-refractivity contribution >= 4 is 0 Å². The van der Waals surface area contributed by atoms with Crippen LogP contribution >= 0.6 is 0 Å². The number of nitrogens with one attached hydrogen (secondary N) is 1. The summed E-state index contributed by atoms with van der Waals surface area (Å²) in [5.41, 5.74) is 2.27. The van der Waals surface area contributed by atoms with E-state index in [0.717, 1.165) is 44.1 Å². The molecule has 0 aliphatic rings. The van der Waals surface area contributed by atoms with Gasteiger partial charge < -0.3 is 9.84 Å². The molecule has 0 bridgehead atoms. The van der Waals surface area contributed by atoms with Crippen molar-refractivity contribution in [2.24, 2.45) is 0 Å². The number of hydrogen-bond donors (Lipinski definition) is 1. The first-order chi connectivity index (χ1) is 9.78. The highest BCUT2D eigenvalue weighted by Gasteiger charge is 2.07. The fraction of sp³-hybridized carbons (Fsp3) is 0.467. The molecule has 0 fully saturated rings. The molecule has 2 aromatic rings. The Morgan fingerprint density at radius 1 is 1.30 bits per heavy atom. The maximum Gasteiger partial charge on any atom is 0.151 e. The van der Waals surface area contributed by atoms with Crippen molar-refractivity contribution < 1.29 is 4.52 Å². The summed E-state index contributed by atoms with van der Waals surface area (Å²) in [5, 5.41) is 7.29. The van der Waals surface area contributed by atoms with Gasteiger partial charge in [-0.1, -0.05) is 12.1 Å². The number of likely N-dealkylation sites (N-methyl/N-ethyl adjacent to an activating group) is 1. The van der Waals surface area contributed by atoms with Crippen LogP contribution in [0.1, 0.15) is 23.9 Å². The van der Waals surface area contributed by atoms with Crippen molar-refractivity contribution in [2.45, 2.75) is 26.4 Å². The van der Waals surface area contributed by atoms with Crippen LogP contribution in [0, 0.1) is 0 Å². The first-order valence-corrected chi connectivity index (χ1v) is 7.00. The van der Waals surface area contributed by atoms with E-state index in [2.05, 4.69) is 46.5 Å². The van der Waals surface area contributed by atoms with Crippen LogP contribution in [0.2, 0.25) is 0 Å². The van der Waals surface area contributed by atoms with Crippen LogP contribution in [0.3, 0.4) is 0 Å². The molecule has 0 aromatic carbocycles. The Kier molecular flexibility index (Phi) is 5.70. The van der Waals surface area contributed by atoms with Gasteiger partial charge in [0.25, 0.3) is 0 Å². The molecule has 2 rings (SSSR count). The summed E-state index contributed by atoms with van der Waals surface area (Å²) in [5.74, 6) is 0.912. The van der Waals surface area contributed by atoms with Gasteiger partial charge in [0.1, 0.15) is 0 Å². The van der Waals surface area contributed by atoms with E-state index in [1.54, 1.807) is 0 Å². The average Bonchev–Trinajstić information content (AvgIpc) is 2.91. The third-order valence-corrected chi connectivity index (χ3v) is 3.12. The largest absolute Gasteiger partial charge is 0.360 e. The van der Waals surface area contributed by atoms with Gasteiger partial charge in [-0.05, 0) is 37.7 Å². The maximum absolute atomic E-state index is 5.34. The standard InChI is InChI=1S/C15H22N4O/c1-3-16-11-14-10-15(20-18-14)12-19(2)9-6-13-4-7-17-8-5-13/h4-5,7-8,10,16H,3,6,9,11-12H2,1-2H3. The van der Waals surface area contributed by atoms with E-state index in [0.29, 0.717) is 0 Å². The molecule has 5 nitrogen and oxygen atoms in total. The van der Waals surface area contributed by atoms with Crippen LogP contribution in [-0.4, -0.2) is 35.2 Å². The van der Waals surface area contributed by atoms with Crippen molar-refractivity contribution in [3.05, 3.63) is 47.6 Å². The zero-order valence-electron chi connectivity index (χ0n) is 12.2. The smallest absolute Gasteiger partial charge is 0.151 e. The zero-order chi connectivity index (χ0) is 14.2. The summed E-state index contributed by atoms with van der Waals surface area (Å²) in [6.45, 7) is 5.54. The highest BCUT2D eigenvalue weighted by molar-refractivity contribution is 5.10. The zero-order valence-corrected chi connectivity index (χ0v) is 12.2. The van der Waals surface area contributed by atoms with Gasteiger partial charge in [-0.25, -0.2) is 0 Å². The predicted octanol–water partition coefficient (Wildman–Crippen LogP) is 1.85. The Hall–Kier alpha value is -1.72. The van der Waals surface area contributed by atoms with Crippen molar-refractivity contribution in [3.63, 3.8) is 0 Å². The van der Waals surface area contributed by atoms with Gasteiger partial charge in [0.2, 0.25) is 0 Å². The lowest BCUT2D eigenvalue weighted by atomic mass is 10.2. The molecule has 20 heavy (non-hydrogen) atoms. The van der Waals surface area contributed by atoms with Gasteiger partial charge in [0, 0.05) is 31.5 Å². The molecule has 0 unspecified atom stereocenters. The molecular formula is C15H22N4O. The van der Waals surface area contributed by atoms with Crippen LogP contribution < -0.4 is 5.32 Å². The molecule has 0 saturated carbocycles. The predicted molar refractivity (Wildman–Crippen MR) is 78.2 cm³/mol. The Bertz CT molecular complexity index is 498. The highest BCUT2D eigenvalue weighted by Crippen LogP contribution is 2.07. The topological polar surface area (TPSA) is 54.2 Å². The van der Waals surface area contributed by atoms with E-state index in [1.165, 1.54) is 5.56 Å². The Labute approximate surface area is 120 Å². The quantitative estimate of drug-likeness (QED) is 0.796. The van der Waals surface area contributed by atoms with E-state index in [-0.39, 0.29) is 0 Å². The lowest BCUT2D eigenvalue weighted by molar-refractivity contribution is 0.274. The second-order valence-electron chi connectivity index (χ2n) is 4.91. The molecule has 5 heteroatoms. The number of hydrogen-bond acceptors (Lipinski definition) is 5. The molecule has 2 aromatic heterocycles. The average molecular weight is 274 g/mol. The molecule has 1 N–H and O–H groups in total. The minimum absolute atomic E-state index is 0.765. The van der Waals surface area contributed by atoms with E-state index in [4.69, 9.17) is 4.52 Å². The minimum Gasteiger partial charge on any atom is -0.360 e. The van der Waals surface area contributed by atoms with Gasteiger partial charge in [-0.15, -0.1) is 0 Å². The molecule has 108 valence electrons. The van der Waals surface area contributed by atoms with Gasteiger partial charge in [-0.2, -0.15) is 0 Å². The molecule has 0 saturated heterocycles. The monoisotopic (exact) mass is 274 g/mol. The summed E-state index contributed by atoms with van der Waals surface area (Å²) in [6.07, 6.45) is 4.68. The van der Waals surface area contributed by atoms with Crippen molar-refractivity contribution in [1.82, 2.24) is 20.4 Å². The molecule has 2 heterocycles. The highest BCUT2D eigenvalue weighted by atomic mass is 16.5. The van der Waals surface area contributed by atoms with E-state index in [1.807, 2.05) is 18.5 Å². The molecule has 0 radical (unpaired) electrons. The fourth-order valence-electron chi connectivity index (χ4n) is 1.98. The summed E-state index contributed by atoms with van der Waals surface area (Å²) in [6, 6.07) is 6.12. The Morgan fingerprint density at radius 3 is 2.85 bits per heavy atom. The summed E-state index contributed by atoms with van der Waals surface area (Å²) < 4.78 is 5.34. The first-order valence-electron chi connectivity index (χ1n) is 7.00. The van der Waals surface area contributed by atoms with Crippen LogP contribution in [-0.2, 0) is 19.5 Å². The normalized spacial score (nSPS) is 11.2. The summed E-state index contributed by atoms with van der Waals surface area (Å²) >= 11 is 0. The van der Waals surface area contributed by atoms with Crippen molar-refractivity contribution in [2.75, 3.05) is 20.1 Å². The van der Waals surface area contributed by atoms with Crippen molar-refractivity contribution in [1.29, 1.82) is 0 Å². The lowest BCUT2D eigenvalue weighted by Crippen LogP contribution is -2.20. The molecular weight excluding hydrogens is 252 g/mol. The van der Waals surface area contributed by atoms with Gasteiger partial charge >= 0.3 is 0 Å². The van der Waals surface area contributed by atoms with Gasteiger partial charge in [-0.3, -0.25) is 9.88 Å². The van der Waals surface area contributed by atoms with E-state index in [9.17, 15) is 0 Å². The fourth-order valence-corrected chi connectivity index (χ4v) is 1.98. The summed E-state index contributed by atoms with van der Waals surface area (Å²) in [7, 11) is 2.09. The minimum atomic E-state index is 0.765. The molecule has 0 atom stereocenters. The second-order valence-corrected chi connectivity index (χ2v) is 4.91. The van der Waals surface area contributed by atoms with Gasteiger partial charge in [0.05, 0.1) is 12.2 Å². The first kappa shape index (κ1) is 14.7. The third-order valence-electron chi connectivity index (χ3n) is 3.12. The SMILES string of the molecule is CCNCc1cc(CN(C)CCc2ccncc2)on1. The number of nitrogens with zero attached hydrogens (tertiary/aromatic N) is 3. The van der Waals surface area contributed by atoms with Crippen LogP contribution in [0.15, 0.2) is 35.1 Å². The van der Waals surface area contributed by atoms with E-state index >= 15 is 0 Å². The number of rotatable bonds is 8. The van der Waals surface area contributed by atoms with Crippen LogP contribution in [0.5, 0.6) is 0 Å². The Morgan fingerprint density at radius 2 is 2.10 bits per heavy atom. The third kappa shape index (κ3) is 4.75. The van der Waals surface area contributed by atoms with E-state index < -0.39 is 0 Å².